The highest BCUT2D eigenvalue weighted by Crippen LogP contribution is 2.34. The van der Waals surface area contributed by atoms with Crippen LogP contribution in [0.25, 0.3) is 0 Å². The largest absolute Gasteiger partial charge is 0.619 e. The molecule has 1 aromatic carbocycles. The molecule has 0 saturated carbocycles. The van der Waals surface area contributed by atoms with Crippen LogP contribution in [0.4, 0.5) is 13.2 Å². The maximum Gasteiger partial charge on any atom is 0.573 e. The standard InChI is InChI=1S/C24H25F3N4O7S/c1-2-4-18(28-22(33)15-6-8-16(9-7-15)38-24(25,26)27)23(34)30-12-10-19-21(30)20(32)14-31(19)39(36,37)17-5-3-11-29(35)13-17/h3,5-9,11,13,18-19,21H,2,4,10,12,14H2,1H3,(H,28,33). The Morgan fingerprint density at radius 1 is 1.23 bits per heavy atom. The molecule has 2 fully saturated rings. The first kappa shape index (κ1) is 28.3. The van der Waals surface area contributed by atoms with Crippen molar-refractivity contribution >= 4 is 27.6 Å². The molecule has 2 aromatic rings. The number of carbonyl (C=O) groups excluding carboxylic acids is 3. The topological polar surface area (TPSA) is 140 Å². The van der Waals surface area contributed by atoms with Gasteiger partial charge in [-0.05, 0) is 43.2 Å². The van der Waals surface area contributed by atoms with Crippen LogP contribution in [0.2, 0.25) is 0 Å². The summed E-state index contributed by atoms with van der Waals surface area (Å²) in [7, 11) is -4.19. The van der Waals surface area contributed by atoms with Crippen molar-refractivity contribution in [2.75, 3.05) is 13.1 Å². The molecule has 1 aromatic heterocycles. The molecule has 0 spiro atoms. The van der Waals surface area contributed by atoms with Gasteiger partial charge in [-0.3, -0.25) is 14.4 Å². The van der Waals surface area contributed by atoms with Gasteiger partial charge in [-0.1, -0.05) is 13.3 Å². The number of ether oxygens (including phenoxy) is 1. The van der Waals surface area contributed by atoms with Crippen LogP contribution in [-0.2, 0) is 19.6 Å². The Labute approximate surface area is 221 Å². The van der Waals surface area contributed by atoms with Crippen LogP contribution in [0.15, 0.2) is 53.7 Å². The number of halogens is 3. The lowest BCUT2D eigenvalue weighted by Gasteiger charge is -2.28. The summed E-state index contributed by atoms with van der Waals surface area (Å²) in [6, 6.07) is 3.76. The van der Waals surface area contributed by atoms with E-state index in [2.05, 4.69) is 10.1 Å². The first-order chi connectivity index (χ1) is 18.3. The van der Waals surface area contributed by atoms with E-state index in [-0.39, 0.29) is 29.8 Å². The Kier molecular flexibility index (Phi) is 7.84. The first-order valence-corrected chi connectivity index (χ1v) is 13.5. The second-order valence-corrected chi connectivity index (χ2v) is 11.0. The molecule has 3 heterocycles. The molecule has 210 valence electrons. The molecule has 11 nitrogen and oxygen atoms in total. The molecule has 39 heavy (non-hydrogen) atoms. The molecule has 3 atom stereocenters. The van der Waals surface area contributed by atoms with Gasteiger partial charge in [0.25, 0.3) is 5.91 Å². The van der Waals surface area contributed by atoms with Gasteiger partial charge in [-0.25, -0.2) is 8.42 Å². The summed E-state index contributed by atoms with van der Waals surface area (Å²) in [5.41, 5.74) is -0.00888. The number of hydrogen-bond donors (Lipinski definition) is 1. The van der Waals surface area contributed by atoms with Crippen molar-refractivity contribution in [1.29, 1.82) is 0 Å². The van der Waals surface area contributed by atoms with E-state index in [1.165, 1.54) is 17.0 Å². The summed E-state index contributed by atoms with van der Waals surface area (Å²) in [6.07, 6.45) is -2.01. The number of pyridine rings is 1. The number of rotatable bonds is 8. The third-order valence-electron chi connectivity index (χ3n) is 6.55. The highest BCUT2D eigenvalue weighted by atomic mass is 32.2. The number of alkyl halides is 3. The van der Waals surface area contributed by atoms with E-state index in [1.807, 2.05) is 0 Å². The lowest BCUT2D eigenvalue weighted by Crippen LogP contribution is -2.52. The fourth-order valence-corrected chi connectivity index (χ4v) is 6.49. The van der Waals surface area contributed by atoms with Crippen molar-refractivity contribution in [3.8, 4) is 5.75 Å². The quantitative estimate of drug-likeness (QED) is 0.373. The van der Waals surface area contributed by atoms with Gasteiger partial charge < -0.3 is 20.2 Å². The maximum atomic E-state index is 13.5. The average molecular weight is 571 g/mol. The number of fused-ring (bicyclic) bond motifs is 1. The number of ketones is 1. The van der Waals surface area contributed by atoms with E-state index in [9.17, 15) is 41.2 Å². The third kappa shape index (κ3) is 5.98. The first-order valence-electron chi connectivity index (χ1n) is 12.0. The van der Waals surface area contributed by atoms with Crippen LogP contribution in [0, 0.1) is 5.21 Å². The van der Waals surface area contributed by atoms with Gasteiger partial charge in [-0.15, -0.1) is 13.2 Å². The summed E-state index contributed by atoms with van der Waals surface area (Å²) in [5, 5.41) is 14.2. The van der Waals surface area contributed by atoms with Gasteiger partial charge in [0.1, 0.15) is 22.7 Å². The van der Waals surface area contributed by atoms with Gasteiger partial charge in [0, 0.05) is 18.2 Å². The average Bonchev–Trinajstić information content (AvgIpc) is 3.44. The number of likely N-dealkylation sites (tertiary alicyclic amines) is 1. The number of hydrogen-bond acceptors (Lipinski definition) is 7. The number of amides is 2. The van der Waals surface area contributed by atoms with Gasteiger partial charge in [0.15, 0.2) is 18.2 Å². The van der Waals surface area contributed by atoms with Crippen molar-refractivity contribution in [1.82, 2.24) is 14.5 Å². The highest BCUT2D eigenvalue weighted by molar-refractivity contribution is 7.89. The van der Waals surface area contributed by atoms with Crippen LogP contribution >= 0.6 is 0 Å². The number of carbonyl (C=O) groups is 3. The number of nitrogens with zero attached hydrogens (tertiary/aromatic N) is 3. The minimum atomic E-state index is -4.89. The Morgan fingerprint density at radius 3 is 2.54 bits per heavy atom. The molecule has 15 heteroatoms. The lowest BCUT2D eigenvalue weighted by atomic mass is 10.1. The molecule has 2 aliphatic heterocycles. The third-order valence-corrected chi connectivity index (χ3v) is 8.40. The molecule has 2 saturated heterocycles. The van der Waals surface area contributed by atoms with Crippen molar-refractivity contribution in [2.45, 2.75) is 55.6 Å². The Morgan fingerprint density at radius 2 is 1.92 bits per heavy atom. The zero-order valence-corrected chi connectivity index (χ0v) is 21.4. The summed E-state index contributed by atoms with van der Waals surface area (Å²) < 4.78 is 68.7. The Hall–Kier alpha value is -3.72. The predicted octanol–water partition coefficient (Wildman–Crippen LogP) is 1.36. The molecular weight excluding hydrogens is 545 g/mol. The van der Waals surface area contributed by atoms with Crippen molar-refractivity contribution < 1.29 is 45.4 Å². The monoisotopic (exact) mass is 570 g/mol. The summed E-state index contributed by atoms with van der Waals surface area (Å²) in [4.78, 5) is 40.2. The van der Waals surface area contributed by atoms with Gasteiger partial charge in [0.05, 0.1) is 12.6 Å². The number of Topliss-reactive ketones (excluding diaryl/α,β-unsaturated/α-hetero) is 1. The molecular formula is C24H25F3N4O7S. The predicted molar refractivity (Wildman–Crippen MR) is 127 cm³/mol. The van der Waals surface area contributed by atoms with Crippen LogP contribution in [-0.4, -0.2) is 72.8 Å². The molecule has 2 aliphatic rings. The SMILES string of the molecule is CCCC(NC(=O)c1ccc(OC(F)(F)F)cc1)C(=O)N1CCC2C1C(=O)CN2S(=O)(=O)c1ccc[n+]([O-])c1. The molecule has 1 N–H and O–H groups in total. The van der Waals surface area contributed by atoms with E-state index in [0.29, 0.717) is 11.2 Å². The molecule has 2 amide bonds. The lowest BCUT2D eigenvalue weighted by molar-refractivity contribution is -0.607. The van der Waals surface area contributed by atoms with Crippen LogP contribution in [0.1, 0.15) is 36.5 Å². The van der Waals surface area contributed by atoms with E-state index < -0.39 is 64.4 Å². The maximum absolute atomic E-state index is 13.5. The minimum Gasteiger partial charge on any atom is -0.619 e. The summed E-state index contributed by atoms with van der Waals surface area (Å²) in [5.74, 6) is -2.28. The van der Waals surface area contributed by atoms with E-state index in [0.717, 1.165) is 41.0 Å². The van der Waals surface area contributed by atoms with E-state index >= 15 is 0 Å². The van der Waals surface area contributed by atoms with Crippen molar-refractivity contribution in [2.24, 2.45) is 0 Å². The van der Waals surface area contributed by atoms with E-state index in [1.54, 1.807) is 6.92 Å². The number of nitrogens with one attached hydrogen (secondary N) is 1. The summed E-state index contributed by atoms with van der Waals surface area (Å²) >= 11 is 0. The number of sulfonamides is 1. The second-order valence-electron chi connectivity index (χ2n) is 9.14. The van der Waals surface area contributed by atoms with Crippen LogP contribution in [0.3, 0.4) is 0 Å². The normalized spacial score (nSPS) is 20.5. The summed E-state index contributed by atoms with van der Waals surface area (Å²) in [6.45, 7) is 1.38. The molecule has 0 bridgehead atoms. The van der Waals surface area contributed by atoms with Crippen LogP contribution < -0.4 is 14.8 Å². The van der Waals surface area contributed by atoms with Gasteiger partial charge in [-0.2, -0.15) is 9.04 Å². The Balaban J connectivity index is 1.49. The fourth-order valence-electron chi connectivity index (χ4n) is 4.86. The van der Waals surface area contributed by atoms with Crippen molar-refractivity contribution in [3.63, 3.8) is 0 Å². The highest BCUT2D eigenvalue weighted by Gasteiger charge is 2.54. The zero-order chi connectivity index (χ0) is 28.5. The van der Waals surface area contributed by atoms with Gasteiger partial charge >= 0.3 is 6.36 Å². The number of benzene rings is 1. The zero-order valence-electron chi connectivity index (χ0n) is 20.6. The van der Waals surface area contributed by atoms with Crippen LogP contribution in [0.5, 0.6) is 5.75 Å². The smallest absolute Gasteiger partial charge is 0.573 e. The number of aromatic nitrogens is 1. The fraction of sp³-hybridized carbons (Fsp3) is 0.417. The molecule has 0 radical (unpaired) electrons. The van der Waals surface area contributed by atoms with Crippen molar-refractivity contribution in [3.05, 3.63) is 59.6 Å². The molecule has 4 rings (SSSR count). The minimum absolute atomic E-state index is 0.00888. The second kappa shape index (κ2) is 10.8. The molecule has 3 unspecified atom stereocenters. The van der Waals surface area contributed by atoms with Gasteiger partial charge in [0.2, 0.25) is 15.9 Å². The molecule has 0 aliphatic carbocycles. The Bertz CT molecular complexity index is 1370. The van der Waals surface area contributed by atoms with E-state index in [4.69, 9.17) is 0 Å².